The molecule has 3 aromatic carbocycles. The van der Waals surface area contributed by atoms with Crippen LogP contribution >= 0.6 is 11.6 Å². The van der Waals surface area contributed by atoms with Crippen molar-refractivity contribution >= 4 is 34.9 Å². The van der Waals surface area contributed by atoms with E-state index < -0.39 is 5.97 Å². The van der Waals surface area contributed by atoms with E-state index in [4.69, 9.17) is 26.2 Å². The maximum absolute atomic E-state index is 12.6. The maximum Gasteiger partial charge on any atom is 0.307 e. The first-order chi connectivity index (χ1) is 15.9. The largest absolute Gasteiger partial charge is 0.490 e. The Bertz CT molecular complexity index is 1170. The summed E-state index contributed by atoms with van der Waals surface area (Å²) in [5, 5.41) is 11.9. The minimum atomic E-state index is -0.995. The average Bonchev–Trinajstić information content (AvgIpc) is 2.80. The van der Waals surface area contributed by atoms with Gasteiger partial charge in [-0.05, 0) is 48.0 Å². The average molecular weight is 467 g/mol. The van der Waals surface area contributed by atoms with Crippen molar-refractivity contribution in [2.45, 2.75) is 12.5 Å². The molecule has 33 heavy (non-hydrogen) atoms. The van der Waals surface area contributed by atoms with E-state index in [2.05, 4.69) is 10.2 Å². The highest BCUT2D eigenvalue weighted by Gasteiger charge is 2.23. The highest BCUT2D eigenvalue weighted by Crippen LogP contribution is 2.32. The zero-order valence-corrected chi connectivity index (χ0v) is 18.7. The number of carbonyl (C=O) groups is 2. The highest BCUT2D eigenvalue weighted by atomic mass is 35.5. The lowest BCUT2D eigenvalue weighted by molar-refractivity contribution is -0.136. The third kappa shape index (κ3) is 5.38. The van der Waals surface area contributed by atoms with Crippen LogP contribution in [0.2, 0.25) is 5.02 Å². The van der Waals surface area contributed by atoms with Crippen LogP contribution in [0.25, 0.3) is 0 Å². The number of halogens is 1. The van der Waals surface area contributed by atoms with Gasteiger partial charge >= 0.3 is 5.97 Å². The second-order valence-corrected chi connectivity index (χ2v) is 8.10. The fourth-order valence-corrected chi connectivity index (χ4v) is 3.88. The summed E-state index contributed by atoms with van der Waals surface area (Å²) in [6, 6.07) is 19.5. The number of carbonyl (C=O) groups excluding carboxylic acids is 1. The van der Waals surface area contributed by atoms with E-state index in [9.17, 15) is 9.59 Å². The number of aliphatic carboxylic acids is 1. The number of carboxylic acid groups (broad SMARTS) is 1. The summed E-state index contributed by atoms with van der Waals surface area (Å²) in [6.07, 6.45) is -0.339. The number of rotatable bonds is 7. The van der Waals surface area contributed by atoms with Gasteiger partial charge in [0.15, 0.2) is 0 Å². The predicted molar refractivity (Wildman–Crippen MR) is 127 cm³/mol. The molecule has 7 nitrogen and oxygen atoms in total. The van der Waals surface area contributed by atoms with Crippen molar-refractivity contribution < 1.29 is 24.2 Å². The van der Waals surface area contributed by atoms with Crippen LogP contribution in [0, 0.1) is 0 Å². The Hall–Kier alpha value is -3.71. The molecular weight excluding hydrogens is 444 g/mol. The lowest BCUT2D eigenvalue weighted by Crippen LogP contribution is -2.41. The van der Waals surface area contributed by atoms with Gasteiger partial charge in [-0.3, -0.25) is 9.59 Å². The van der Waals surface area contributed by atoms with Crippen molar-refractivity contribution in [1.82, 2.24) is 0 Å². The molecule has 170 valence electrons. The summed E-state index contributed by atoms with van der Waals surface area (Å²) in [4.78, 5) is 25.7. The van der Waals surface area contributed by atoms with Gasteiger partial charge in [-0.2, -0.15) is 0 Å². The molecule has 1 atom stereocenters. The number of nitrogens with zero attached hydrogens (tertiary/aromatic N) is 1. The van der Waals surface area contributed by atoms with E-state index in [0.717, 1.165) is 11.4 Å². The summed E-state index contributed by atoms with van der Waals surface area (Å²) < 4.78 is 11.9. The van der Waals surface area contributed by atoms with E-state index in [1.54, 1.807) is 42.5 Å². The number of likely N-dealkylation sites (N-methyl/N-ethyl adjacent to an activating group) is 1. The predicted octanol–water partition coefficient (Wildman–Crippen LogP) is 4.50. The summed E-state index contributed by atoms with van der Waals surface area (Å²) in [5.41, 5.74) is 2.27. The Labute approximate surface area is 196 Å². The third-order valence-electron chi connectivity index (χ3n) is 5.27. The number of hydrogen-bond donors (Lipinski definition) is 2. The van der Waals surface area contributed by atoms with Gasteiger partial charge in [0.05, 0.1) is 29.4 Å². The fraction of sp³-hybridized carbons (Fsp3) is 0.200. The lowest BCUT2D eigenvalue weighted by Gasteiger charge is -2.33. The molecule has 0 saturated carbocycles. The van der Waals surface area contributed by atoms with E-state index in [-0.39, 0.29) is 23.5 Å². The monoisotopic (exact) mass is 466 g/mol. The van der Waals surface area contributed by atoms with E-state index in [1.807, 2.05) is 31.3 Å². The molecule has 8 heteroatoms. The quantitative estimate of drug-likeness (QED) is 0.533. The van der Waals surface area contributed by atoms with E-state index in [0.29, 0.717) is 35.7 Å². The summed E-state index contributed by atoms with van der Waals surface area (Å²) in [6.45, 7) is 1.08. The minimum Gasteiger partial charge on any atom is -0.490 e. The van der Waals surface area contributed by atoms with Crippen molar-refractivity contribution in [2.24, 2.45) is 0 Å². The number of carboxylic acids is 1. The molecular formula is C25H23ClN2O5. The number of fused-ring (bicyclic) bond motifs is 1. The van der Waals surface area contributed by atoms with E-state index >= 15 is 0 Å². The van der Waals surface area contributed by atoms with Crippen molar-refractivity contribution in [3.63, 3.8) is 0 Å². The van der Waals surface area contributed by atoms with Crippen LogP contribution in [0.4, 0.5) is 11.4 Å². The summed E-state index contributed by atoms with van der Waals surface area (Å²) in [5.74, 6) is 0.103. The standard InChI is InChI=1S/C25H23ClN2O5/c1-28-14-19(33-22-8-3-2-7-21(22)28)15-32-18-11-9-16(10-12-18)25(31)27-20-6-4-5-17(24(20)26)13-23(29)30/h2-12,19H,13-15H2,1H3,(H,27,31)(H,29,30)/t19-/m0/s1. The topological polar surface area (TPSA) is 88.1 Å². The van der Waals surface area contributed by atoms with Crippen LogP contribution in [-0.2, 0) is 11.2 Å². The van der Waals surface area contributed by atoms with Gasteiger partial charge in [-0.1, -0.05) is 35.9 Å². The van der Waals surface area contributed by atoms with Crippen molar-refractivity contribution in [1.29, 1.82) is 0 Å². The molecule has 0 unspecified atom stereocenters. The molecule has 1 aliphatic rings. The van der Waals surface area contributed by atoms with Gasteiger partial charge < -0.3 is 24.8 Å². The molecule has 0 aromatic heterocycles. The highest BCUT2D eigenvalue weighted by molar-refractivity contribution is 6.34. The molecule has 0 spiro atoms. The minimum absolute atomic E-state index is 0.118. The van der Waals surface area contributed by atoms with Gasteiger partial charge in [0, 0.05) is 12.6 Å². The van der Waals surface area contributed by atoms with Crippen LogP contribution in [-0.4, -0.2) is 43.3 Å². The first-order valence-electron chi connectivity index (χ1n) is 10.4. The van der Waals surface area contributed by atoms with E-state index in [1.165, 1.54) is 0 Å². The Kier molecular flexibility index (Phi) is 6.70. The van der Waals surface area contributed by atoms with Crippen LogP contribution in [0.1, 0.15) is 15.9 Å². The van der Waals surface area contributed by atoms with Crippen LogP contribution in [0.3, 0.4) is 0 Å². The molecule has 3 aromatic rings. The molecule has 4 rings (SSSR count). The second kappa shape index (κ2) is 9.83. The third-order valence-corrected chi connectivity index (χ3v) is 5.71. The van der Waals surface area contributed by atoms with Crippen molar-refractivity contribution in [3.05, 3.63) is 82.9 Å². The van der Waals surface area contributed by atoms with Gasteiger partial charge in [-0.15, -0.1) is 0 Å². The molecule has 0 radical (unpaired) electrons. The first-order valence-corrected chi connectivity index (χ1v) is 10.8. The van der Waals surface area contributed by atoms with Crippen molar-refractivity contribution in [3.8, 4) is 11.5 Å². The molecule has 1 aliphatic heterocycles. The Balaban J connectivity index is 1.35. The lowest BCUT2D eigenvalue weighted by atomic mass is 10.1. The van der Waals surface area contributed by atoms with Gasteiger partial charge in [0.2, 0.25) is 0 Å². The molecule has 1 heterocycles. The van der Waals surface area contributed by atoms with Crippen LogP contribution < -0.4 is 19.7 Å². The second-order valence-electron chi connectivity index (χ2n) is 7.73. The summed E-state index contributed by atoms with van der Waals surface area (Å²) in [7, 11) is 2.02. The Morgan fingerprint density at radius 1 is 1.12 bits per heavy atom. The first kappa shape index (κ1) is 22.5. The molecule has 0 aliphatic carbocycles. The number of amides is 1. The van der Waals surface area contributed by atoms with Gasteiger partial charge in [0.25, 0.3) is 5.91 Å². The number of nitrogens with one attached hydrogen (secondary N) is 1. The Morgan fingerprint density at radius 2 is 1.88 bits per heavy atom. The molecule has 0 fully saturated rings. The van der Waals surface area contributed by atoms with Gasteiger partial charge in [0.1, 0.15) is 24.2 Å². The fourth-order valence-electron chi connectivity index (χ4n) is 3.64. The molecule has 0 bridgehead atoms. The summed E-state index contributed by atoms with van der Waals surface area (Å²) >= 11 is 6.25. The van der Waals surface area contributed by atoms with Crippen molar-refractivity contribution in [2.75, 3.05) is 30.4 Å². The number of hydrogen-bond acceptors (Lipinski definition) is 5. The zero-order valence-electron chi connectivity index (χ0n) is 18.0. The number of benzene rings is 3. The SMILES string of the molecule is CN1C[C@@H](COc2ccc(C(=O)Nc3cccc(CC(=O)O)c3Cl)cc2)Oc2ccccc21. The van der Waals surface area contributed by atoms with Gasteiger partial charge in [-0.25, -0.2) is 0 Å². The smallest absolute Gasteiger partial charge is 0.307 e. The number of para-hydroxylation sites is 2. The molecule has 1 amide bonds. The Morgan fingerprint density at radius 3 is 2.64 bits per heavy atom. The zero-order chi connectivity index (χ0) is 23.4. The molecule has 2 N–H and O–H groups in total. The normalized spacial score (nSPS) is 14.7. The molecule has 0 saturated heterocycles. The maximum atomic E-state index is 12.6. The number of ether oxygens (including phenoxy) is 2. The van der Waals surface area contributed by atoms with Crippen LogP contribution in [0.5, 0.6) is 11.5 Å². The van der Waals surface area contributed by atoms with Crippen LogP contribution in [0.15, 0.2) is 66.7 Å². The number of anilines is 2.